The summed E-state index contributed by atoms with van der Waals surface area (Å²) < 4.78 is 0. The van der Waals surface area contributed by atoms with Crippen LogP contribution in [0, 0.1) is 0 Å². The molecule has 0 spiro atoms. The van der Waals surface area contributed by atoms with Gasteiger partial charge in [0.15, 0.2) is 0 Å². The van der Waals surface area contributed by atoms with Crippen LogP contribution in [0.3, 0.4) is 0 Å². The second-order valence-electron chi connectivity index (χ2n) is 2.96. The maximum atomic E-state index is 11.4. The lowest BCUT2D eigenvalue weighted by Gasteiger charge is -2.10. The monoisotopic (exact) mass is 283 g/mol. The highest BCUT2D eigenvalue weighted by Gasteiger charge is 2.12. The van der Waals surface area contributed by atoms with Gasteiger partial charge in [-0.3, -0.25) is 4.79 Å². The van der Waals surface area contributed by atoms with Crippen LogP contribution in [-0.4, -0.2) is 24.2 Å². The first kappa shape index (κ1) is 13.0. The van der Waals surface area contributed by atoms with E-state index >= 15 is 0 Å². The highest BCUT2D eigenvalue weighted by atomic mass is 35.5. The van der Waals surface area contributed by atoms with E-state index in [2.05, 4.69) is 0 Å². The van der Waals surface area contributed by atoms with E-state index in [-0.39, 0.29) is 5.24 Å². The van der Waals surface area contributed by atoms with Gasteiger partial charge in [0.25, 0.3) is 5.24 Å². The molecule has 1 aromatic carbocycles. The van der Waals surface area contributed by atoms with E-state index in [4.69, 9.17) is 34.8 Å². The van der Waals surface area contributed by atoms with Crippen molar-refractivity contribution in [2.75, 3.05) is 14.1 Å². The molecule has 0 aliphatic carbocycles. The van der Waals surface area contributed by atoms with Gasteiger partial charge >= 0.3 is 0 Å². The summed E-state index contributed by atoms with van der Waals surface area (Å²) in [5.74, 6) is 0. The van der Waals surface area contributed by atoms with Gasteiger partial charge in [0, 0.05) is 19.0 Å². The van der Waals surface area contributed by atoms with Crippen molar-refractivity contribution in [1.29, 1.82) is 0 Å². The maximum absolute atomic E-state index is 11.4. The molecule has 1 rings (SSSR count). The Morgan fingerprint density at radius 3 is 2.20 bits per heavy atom. The largest absolute Gasteiger partial charge is 0.339 e. The van der Waals surface area contributed by atoms with Crippen LogP contribution in [0.2, 0.25) is 15.1 Å². The molecule has 0 unspecified atom stereocenters. The number of thioether (sulfide) groups is 1. The molecule has 0 saturated carbocycles. The molecule has 6 heteroatoms. The summed E-state index contributed by atoms with van der Waals surface area (Å²) in [6, 6.07) is 3.11. The topological polar surface area (TPSA) is 20.3 Å². The van der Waals surface area contributed by atoms with Gasteiger partial charge in [-0.1, -0.05) is 34.8 Å². The number of hydrogen-bond donors (Lipinski definition) is 0. The van der Waals surface area contributed by atoms with E-state index in [0.29, 0.717) is 20.0 Å². The molecule has 0 bridgehead atoms. The van der Waals surface area contributed by atoms with Crippen molar-refractivity contribution in [3.05, 3.63) is 27.2 Å². The second kappa shape index (κ2) is 5.30. The van der Waals surface area contributed by atoms with E-state index in [1.807, 2.05) is 0 Å². The van der Waals surface area contributed by atoms with Crippen LogP contribution in [0.4, 0.5) is 4.79 Å². The van der Waals surface area contributed by atoms with Gasteiger partial charge in [-0.05, 0) is 23.9 Å². The van der Waals surface area contributed by atoms with Gasteiger partial charge in [-0.2, -0.15) is 0 Å². The molecule has 0 aliphatic rings. The molecule has 0 heterocycles. The van der Waals surface area contributed by atoms with Crippen LogP contribution in [0.15, 0.2) is 17.0 Å². The van der Waals surface area contributed by atoms with E-state index in [1.54, 1.807) is 20.2 Å². The summed E-state index contributed by atoms with van der Waals surface area (Å²) >= 11 is 18.5. The number of carbonyl (C=O) groups excluding carboxylic acids is 1. The van der Waals surface area contributed by atoms with Gasteiger partial charge in [0.2, 0.25) is 0 Å². The molecule has 1 aromatic rings. The number of halogens is 3. The third kappa shape index (κ3) is 3.45. The van der Waals surface area contributed by atoms with Gasteiger partial charge in [0.1, 0.15) is 0 Å². The van der Waals surface area contributed by atoms with Crippen molar-refractivity contribution in [2.45, 2.75) is 4.90 Å². The predicted molar refractivity (Wildman–Crippen MR) is 66.4 cm³/mol. The number of nitrogens with zero attached hydrogens (tertiary/aromatic N) is 1. The average molecular weight is 285 g/mol. The standard InChI is InChI=1S/C9H8Cl3NOS/c1-13(2)9(14)15-8-4-6(11)5(10)3-7(8)12/h3-4H,1-2H3. The molecular formula is C9H8Cl3NOS. The summed E-state index contributed by atoms with van der Waals surface area (Å²) in [5, 5.41) is 1.07. The van der Waals surface area contributed by atoms with Crippen molar-refractivity contribution in [2.24, 2.45) is 0 Å². The summed E-state index contributed by atoms with van der Waals surface area (Å²) in [6.07, 6.45) is 0. The first-order chi connectivity index (χ1) is 6.91. The lowest BCUT2D eigenvalue weighted by molar-refractivity contribution is 0.241. The van der Waals surface area contributed by atoms with Crippen molar-refractivity contribution < 1.29 is 4.79 Å². The Labute approximate surface area is 107 Å². The smallest absolute Gasteiger partial charge is 0.285 e. The Morgan fingerprint density at radius 2 is 1.67 bits per heavy atom. The number of hydrogen-bond acceptors (Lipinski definition) is 2. The lowest BCUT2D eigenvalue weighted by Crippen LogP contribution is -2.16. The number of amides is 1. The molecule has 82 valence electrons. The number of benzene rings is 1. The quantitative estimate of drug-likeness (QED) is 0.562. The molecule has 0 radical (unpaired) electrons. The van der Waals surface area contributed by atoms with Crippen LogP contribution < -0.4 is 0 Å². The fourth-order valence-corrected chi connectivity index (χ4v) is 2.20. The first-order valence-electron chi connectivity index (χ1n) is 3.95. The summed E-state index contributed by atoms with van der Waals surface area (Å²) in [5.41, 5.74) is 0. The highest BCUT2D eigenvalue weighted by molar-refractivity contribution is 8.13. The maximum Gasteiger partial charge on any atom is 0.285 e. The molecule has 1 amide bonds. The Hall–Kier alpha value is -0.0900. The second-order valence-corrected chi connectivity index (χ2v) is 5.17. The molecule has 0 atom stereocenters. The molecule has 0 aromatic heterocycles. The summed E-state index contributed by atoms with van der Waals surface area (Å²) in [4.78, 5) is 13.5. The van der Waals surface area contributed by atoms with E-state index < -0.39 is 0 Å². The molecule has 2 nitrogen and oxygen atoms in total. The van der Waals surface area contributed by atoms with Crippen LogP contribution >= 0.6 is 46.6 Å². The molecule has 0 saturated heterocycles. The van der Waals surface area contributed by atoms with Crippen LogP contribution in [0.5, 0.6) is 0 Å². The van der Waals surface area contributed by atoms with Gasteiger partial charge in [-0.25, -0.2) is 0 Å². The van der Waals surface area contributed by atoms with Crippen LogP contribution in [0.1, 0.15) is 0 Å². The lowest BCUT2D eigenvalue weighted by atomic mass is 10.4. The highest BCUT2D eigenvalue weighted by Crippen LogP contribution is 2.35. The minimum atomic E-state index is -0.115. The van der Waals surface area contributed by atoms with E-state index in [9.17, 15) is 4.79 Å². The zero-order valence-electron chi connectivity index (χ0n) is 8.05. The molecule has 15 heavy (non-hydrogen) atoms. The Kier molecular flexibility index (Phi) is 4.59. The summed E-state index contributed by atoms with van der Waals surface area (Å²) in [6.45, 7) is 0. The SMILES string of the molecule is CN(C)C(=O)Sc1cc(Cl)c(Cl)cc1Cl. The zero-order chi connectivity index (χ0) is 11.6. The third-order valence-corrected chi connectivity index (χ3v) is 3.78. The minimum absolute atomic E-state index is 0.115. The third-order valence-electron chi connectivity index (χ3n) is 1.54. The van der Waals surface area contributed by atoms with Crippen molar-refractivity contribution in [1.82, 2.24) is 4.90 Å². The van der Waals surface area contributed by atoms with Gasteiger partial charge in [-0.15, -0.1) is 0 Å². The van der Waals surface area contributed by atoms with Crippen molar-refractivity contribution in [3.8, 4) is 0 Å². The van der Waals surface area contributed by atoms with Crippen LogP contribution in [0.25, 0.3) is 0 Å². The average Bonchev–Trinajstić information content (AvgIpc) is 2.13. The van der Waals surface area contributed by atoms with E-state index in [1.165, 1.54) is 11.0 Å². The van der Waals surface area contributed by atoms with Gasteiger partial charge in [0.05, 0.1) is 15.1 Å². The zero-order valence-corrected chi connectivity index (χ0v) is 11.1. The number of rotatable bonds is 1. The van der Waals surface area contributed by atoms with Crippen LogP contribution in [-0.2, 0) is 0 Å². The fraction of sp³-hybridized carbons (Fsp3) is 0.222. The minimum Gasteiger partial charge on any atom is -0.339 e. The Bertz CT molecular complexity index is 395. The molecule has 0 aliphatic heterocycles. The van der Waals surface area contributed by atoms with Crippen molar-refractivity contribution in [3.63, 3.8) is 0 Å². The van der Waals surface area contributed by atoms with Crippen molar-refractivity contribution >= 4 is 51.8 Å². The molecule has 0 N–H and O–H groups in total. The van der Waals surface area contributed by atoms with Gasteiger partial charge < -0.3 is 4.90 Å². The predicted octanol–water partition coefficient (Wildman–Crippen LogP) is 4.42. The molecular weight excluding hydrogens is 277 g/mol. The normalized spacial score (nSPS) is 10.2. The van der Waals surface area contributed by atoms with E-state index in [0.717, 1.165) is 11.8 Å². The summed E-state index contributed by atoms with van der Waals surface area (Å²) in [7, 11) is 3.33. The fourth-order valence-electron chi connectivity index (χ4n) is 0.768. The number of carbonyl (C=O) groups is 1. The Balaban J connectivity index is 2.96. The molecule has 0 fully saturated rings. The Morgan fingerprint density at radius 1 is 1.13 bits per heavy atom. The first-order valence-corrected chi connectivity index (χ1v) is 5.90.